The highest BCUT2D eigenvalue weighted by molar-refractivity contribution is 5.74. The van der Waals surface area contributed by atoms with Gasteiger partial charge < -0.3 is 9.30 Å². The molecule has 0 spiro atoms. The second-order valence-electron chi connectivity index (χ2n) is 3.36. The second-order valence-corrected chi connectivity index (χ2v) is 3.36. The maximum atomic E-state index is 12.3. The van der Waals surface area contributed by atoms with Crippen molar-refractivity contribution in [1.82, 2.24) is 9.55 Å². The number of nitrogens with zero attached hydrogens (tertiary/aromatic N) is 2. The molecule has 4 nitrogen and oxygen atoms in total. The van der Waals surface area contributed by atoms with Crippen molar-refractivity contribution in [3.8, 4) is 0 Å². The van der Waals surface area contributed by atoms with E-state index in [1.807, 2.05) is 0 Å². The lowest BCUT2D eigenvalue weighted by molar-refractivity contribution is -0.141. The van der Waals surface area contributed by atoms with Crippen LogP contribution in [0, 0.1) is 18.7 Å². The largest absolute Gasteiger partial charge is 0.465 e. The average Bonchev–Trinajstić information content (AvgIpc) is 2.83. The molecule has 4 heteroatoms. The van der Waals surface area contributed by atoms with Gasteiger partial charge in [0, 0.05) is 37.1 Å². The predicted molar refractivity (Wildman–Crippen MR) is 59.9 cm³/mol. The lowest BCUT2D eigenvalue weighted by Gasteiger charge is -2.13. The van der Waals surface area contributed by atoms with Crippen LogP contribution in [0.1, 0.15) is 41.2 Å². The van der Waals surface area contributed by atoms with Crippen LogP contribution in [0.5, 0.6) is 0 Å². The Hall–Kier alpha value is -1.32. The van der Waals surface area contributed by atoms with Crippen molar-refractivity contribution in [2.24, 2.45) is 18.8 Å². The molecule has 0 N–H and O–H groups in total. The summed E-state index contributed by atoms with van der Waals surface area (Å²) in [7, 11) is 0. The van der Waals surface area contributed by atoms with Gasteiger partial charge in [0.05, 0.1) is 16.6 Å². The van der Waals surface area contributed by atoms with Gasteiger partial charge in [-0.15, -0.1) is 0 Å². The molecule has 0 bridgehead atoms. The number of hydrogen-bond donors (Lipinski definition) is 0. The summed E-state index contributed by atoms with van der Waals surface area (Å²) < 4.78 is 97.7. The molecule has 1 saturated heterocycles. The number of rotatable bonds is 3. The average molecular weight is 234 g/mol. The molecule has 16 heavy (non-hydrogen) atoms. The number of esters is 1. The van der Waals surface area contributed by atoms with Gasteiger partial charge in [-0.3, -0.25) is 4.79 Å². The Morgan fingerprint density at radius 1 is 2.00 bits per heavy atom. The summed E-state index contributed by atoms with van der Waals surface area (Å²) >= 11 is 0. The van der Waals surface area contributed by atoms with Crippen molar-refractivity contribution in [3.63, 3.8) is 0 Å². The molecule has 2 heterocycles. The Morgan fingerprint density at radius 2 is 2.88 bits per heavy atom. The summed E-state index contributed by atoms with van der Waals surface area (Å²) in [4.78, 5) is 16.0. The fourth-order valence-electron chi connectivity index (χ4n) is 1.43. The van der Waals surface area contributed by atoms with Crippen LogP contribution >= 0.6 is 0 Å². The molecule has 1 aliphatic rings. The minimum atomic E-state index is -3.52. The number of carbonyl (C=O) groups excluding carboxylic acids is 1. The zero-order valence-corrected chi connectivity index (χ0v) is 8.50. The van der Waals surface area contributed by atoms with E-state index in [0.717, 1.165) is 0 Å². The lowest BCUT2D eigenvalue weighted by atomic mass is 9.89. The third-order valence-corrected chi connectivity index (χ3v) is 2.33. The molecule has 1 aromatic heterocycles. The number of aryl methyl sites for hydroxylation is 1. The van der Waals surface area contributed by atoms with Gasteiger partial charge in [0.2, 0.25) is 0 Å². The quantitative estimate of drug-likeness (QED) is 0.744. The van der Waals surface area contributed by atoms with Gasteiger partial charge in [-0.2, -0.15) is 0 Å². The first-order valence-electron chi connectivity index (χ1n) is 10.6. The van der Waals surface area contributed by atoms with Crippen LogP contribution in [0.2, 0.25) is 0 Å². The van der Waals surface area contributed by atoms with Crippen molar-refractivity contribution in [1.29, 1.82) is 0 Å². The standard InChI is InChI=1S/C12H18N2O2/c1-4-11-9(7-16-12(11)15)5-10-6-13-8(2)14(10)3/h6,9,11H,4-5,7H2,1-3H3/t9-,11-/m0/s1/i1D3,3D3,4D2,6D,7D2,11D. The SMILES string of the molecule is [2H]c1nc(C)n(C([2H])([2H])[2H])c1C[C@H]1C([2H])([2H])OC(=O)[C@@]1([2H])C([2H])([2H])C([2H])([2H])[2H]. The highest BCUT2D eigenvalue weighted by Crippen LogP contribution is 2.28. The first-order valence-corrected chi connectivity index (χ1v) is 4.57. The van der Waals surface area contributed by atoms with Crippen molar-refractivity contribution in [3.05, 3.63) is 17.7 Å². The Balaban J connectivity index is 2.68. The first-order chi connectivity index (χ1) is 12.3. The van der Waals surface area contributed by atoms with Crippen LogP contribution in [-0.4, -0.2) is 22.1 Å². The van der Waals surface area contributed by atoms with Gasteiger partial charge in [-0.1, -0.05) is 6.85 Å². The number of ether oxygens (including phenoxy) is 1. The van der Waals surface area contributed by atoms with Crippen molar-refractivity contribution in [2.75, 3.05) is 6.56 Å². The van der Waals surface area contributed by atoms with E-state index in [1.165, 1.54) is 6.92 Å². The molecule has 0 radical (unpaired) electrons. The van der Waals surface area contributed by atoms with Crippen LogP contribution in [0.4, 0.5) is 0 Å². The number of cyclic esters (lactones) is 1. The zero-order valence-electron chi connectivity index (χ0n) is 20.5. The number of hydrogen-bond acceptors (Lipinski definition) is 3. The van der Waals surface area contributed by atoms with Crippen LogP contribution in [0.25, 0.3) is 0 Å². The fraction of sp³-hybridized carbons (Fsp3) is 0.667. The van der Waals surface area contributed by atoms with E-state index in [4.69, 9.17) is 16.4 Å². The maximum absolute atomic E-state index is 12.3. The molecule has 88 valence electrons. The summed E-state index contributed by atoms with van der Waals surface area (Å²) in [5.41, 5.74) is -0.386. The van der Waals surface area contributed by atoms with Crippen LogP contribution in [-0.2, 0) is 22.9 Å². The molecule has 0 aromatic carbocycles. The summed E-state index contributed by atoms with van der Waals surface area (Å²) in [6.45, 7) is -7.98. The minimum Gasteiger partial charge on any atom is -0.465 e. The first kappa shape index (κ1) is 3.59. The van der Waals surface area contributed by atoms with Gasteiger partial charge in [0.1, 0.15) is 5.82 Å². The molecular formula is C12H18N2O2. The van der Waals surface area contributed by atoms with Gasteiger partial charge in [0.15, 0.2) is 0 Å². The van der Waals surface area contributed by atoms with Gasteiger partial charge in [-0.05, 0) is 19.7 Å². The highest BCUT2D eigenvalue weighted by Gasteiger charge is 2.35. The molecule has 0 saturated carbocycles. The minimum absolute atomic E-state index is 0.111. The van der Waals surface area contributed by atoms with Crippen LogP contribution < -0.4 is 0 Å². The fourth-order valence-corrected chi connectivity index (χ4v) is 1.43. The summed E-state index contributed by atoms with van der Waals surface area (Å²) in [5, 5.41) is 0. The van der Waals surface area contributed by atoms with E-state index in [-0.39, 0.29) is 11.5 Å². The number of carbonyl (C=O) groups is 1. The Kier molecular flexibility index (Phi) is 0.958. The predicted octanol–water partition coefficient (Wildman–Crippen LogP) is 1.47. The third kappa shape index (κ3) is 1.84. The maximum Gasteiger partial charge on any atom is 0.309 e. The molecule has 2 rings (SSSR count). The summed E-state index contributed by atoms with van der Waals surface area (Å²) in [6, 6.07) is 0. The van der Waals surface area contributed by atoms with Crippen LogP contribution in [0.15, 0.2) is 6.17 Å². The van der Waals surface area contributed by atoms with Crippen molar-refractivity contribution < 1.29 is 26.0 Å². The van der Waals surface area contributed by atoms with Gasteiger partial charge in [-0.25, -0.2) is 4.98 Å². The normalized spacial score (nSPS) is 46.1. The highest BCUT2D eigenvalue weighted by atomic mass is 16.5. The molecule has 1 fully saturated rings. The zero-order chi connectivity index (χ0) is 22.1. The number of aromatic nitrogens is 2. The second kappa shape index (κ2) is 4.28. The molecule has 0 aliphatic carbocycles. The lowest BCUT2D eigenvalue weighted by Crippen LogP contribution is -2.18. The van der Waals surface area contributed by atoms with E-state index >= 15 is 0 Å². The van der Waals surface area contributed by atoms with E-state index in [2.05, 4.69) is 9.72 Å². The van der Waals surface area contributed by atoms with E-state index in [1.54, 1.807) is 0 Å². The molecule has 0 amide bonds. The topological polar surface area (TPSA) is 44.1 Å². The van der Waals surface area contributed by atoms with Gasteiger partial charge in [0.25, 0.3) is 0 Å². The van der Waals surface area contributed by atoms with E-state index in [9.17, 15) is 4.79 Å². The van der Waals surface area contributed by atoms with Crippen molar-refractivity contribution in [2.45, 2.75) is 26.6 Å². The molecule has 1 aliphatic heterocycles. The van der Waals surface area contributed by atoms with Crippen LogP contribution in [0.3, 0.4) is 0 Å². The molecule has 1 aromatic rings. The number of imidazole rings is 1. The summed E-state index contributed by atoms with van der Waals surface area (Å²) in [6.07, 6.45) is -4.91. The molecule has 2 atom stereocenters. The summed E-state index contributed by atoms with van der Waals surface area (Å²) in [5.74, 6) is -7.09. The monoisotopic (exact) mass is 234 g/mol. The van der Waals surface area contributed by atoms with E-state index < -0.39 is 57.1 Å². The van der Waals surface area contributed by atoms with Crippen molar-refractivity contribution >= 4 is 5.97 Å². The van der Waals surface area contributed by atoms with Gasteiger partial charge >= 0.3 is 5.97 Å². The Morgan fingerprint density at radius 3 is 3.62 bits per heavy atom. The Labute approximate surface area is 112 Å². The van der Waals surface area contributed by atoms with E-state index in [0.29, 0.717) is 4.57 Å². The Bertz CT molecular complexity index is 796. The molecular weight excluding hydrogens is 204 g/mol. The third-order valence-electron chi connectivity index (χ3n) is 2.33. The molecule has 0 unspecified atom stereocenters. The smallest absolute Gasteiger partial charge is 0.309 e.